The summed E-state index contributed by atoms with van der Waals surface area (Å²) >= 11 is 0. The molecule has 1 aromatic heterocycles. The Bertz CT molecular complexity index is 298. The van der Waals surface area contributed by atoms with Crippen molar-refractivity contribution in [1.82, 2.24) is 9.88 Å². The summed E-state index contributed by atoms with van der Waals surface area (Å²) in [5.41, 5.74) is 1.02. The van der Waals surface area contributed by atoms with Gasteiger partial charge in [-0.05, 0) is 25.8 Å². The second-order valence-corrected chi connectivity index (χ2v) is 3.93. The van der Waals surface area contributed by atoms with Crippen LogP contribution in [0.5, 0.6) is 0 Å². The van der Waals surface area contributed by atoms with Gasteiger partial charge in [0, 0.05) is 19.7 Å². The molecule has 4 nitrogen and oxygen atoms in total. The van der Waals surface area contributed by atoms with E-state index in [0.29, 0.717) is 12.5 Å². The Morgan fingerprint density at radius 3 is 3.14 bits per heavy atom. The van der Waals surface area contributed by atoms with Crippen molar-refractivity contribution < 1.29 is 9.52 Å². The largest absolute Gasteiger partial charge is 0.448 e. The highest BCUT2D eigenvalue weighted by Crippen LogP contribution is 2.18. The highest BCUT2D eigenvalue weighted by atomic mass is 16.3. The molecule has 4 heteroatoms. The maximum atomic E-state index is 9.00. The van der Waals surface area contributed by atoms with Crippen LogP contribution in [0.4, 0.5) is 0 Å². The minimum atomic E-state index is 0.300. The number of aliphatic hydroxyl groups excluding tert-OH is 1. The summed E-state index contributed by atoms with van der Waals surface area (Å²) in [5.74, 6) is 1.35. The van der Waals surface area contributed by atoms with Gasteiger partial charge in [-0.3, -0.25) is 4.90 Å². The number of nitrogens with zero attached hydrogens (tertiary/aromatic N) is 2. The second kappa shape index (κ2) is 4.11. The summed E-state index contributed by atoms with van der Waals surface area (Å²) in [7, 11) is 0. The first-order valence-electron chi connectivity index (χ1n) is 5.01. The van der Waals surface area contributed by atoms with Crippen molar-refractivity contribution in [1.29, 1.82) is 0 Å². The first kappa shape index (κ1) is 9.68. The minimum absolute atomic E-state index is 0.300. The maximum absolute atomic E-state index is 9.00. The monoisotopic (exact) mass is 196 g/mol. The number of hydrogen-bond donors (Lipinski definition) is 1. The molecular weight excluding hydrogens is 180 g/mol. The molecule has 0 radical (unpaired) electrons. The van der Waals surface area contributed by atoms with Gasteiger partial charge >= 0.3 is 0 Å². The molecule has 1 saturated heterocycles. The molecular formula is C10H16N2O2. The fourth-order valence-corrected chi connectivity index (χ4v) is 1.90. The molecule has 14 heavy (non-hydrogen) atoms. The Morgan fingerprint density at radius 2 is 2.57 bits per heavy atom. The van der Waals surface area contributed by atoms with Crippen LogP contribution in [0, 0.1) is 12.8 Å². The molecule has 0 amide bonds. The average Bonchev–Trinajstić information content (AvgIpc) is 2.77. The van der Waals surface area contributed by atoms with E-state index >= 15 is 0 Å². The summed E-state index contributed by atoms with van der Waals surface area (Å²) < 4.78 is 5.14. The Morgan fingerprint density at radius 1 is 1.71 bits per heavy atom. The van der Waals surface area contributed by atoms with E-state index in [1.165, 1.54) is 6.39 Å². The van der Waals surface area contributed by atoms with Gasteiger partial charge in [-0.25, -0.2) is 4.98 Å². The Labute approximate surface area is 83.5 Å². The predicted molar refractivity (Wildman–Crippen MR) is 51.7 cm³/mol. The SMILES string of the molecule is Cc1ocnc1CN1CCC(CO)C1. The molecule has 1 aliphatic rings. The van der Waals surface area contributed by atoms with Crippen molar-refractivity contribution in [3.63, 3.8) is 0 Å². The molecule has 0 bridgehead atoms. The molecule has 1 atom stereocenters. The molecule has 0 aliphatic carbocycles. The zero-order chi connectivity index (χ0) is 9.97. The molecule has 78 valence electrons. The third kappa shape index (κ3) is 1.96. The molecule has 2 heterocycles. The maximum Gasteiger partial charge on any atom is 0.181 e. The van der Waals surface area contributed by atoms with Crippen LogP contribution in [0.25, 0.3) is 0 Å². The average molecular weight is 196 g/mol. The molecule has 1 aromatic rings. The van der Waals surface area contributed by atoms with Crippen LogP contribution in [0.1, 0.15) is 17.9 Å². The molecule has 0 saturated carbocycles. The van der Waals surface area contributed by atoms with Crippen molar-refractivity contribution >= 4 is 0 Å². The molecule has 0 spiro atoms. The van der Waals surface area contributed by atoms with Gasteiger partial charge in [0.25, 0.3) is 0 Å². The Hall–Kier alpha value is -0.870. The fourth-order valence-electron chi connectivity index (χ4n) is 1.90. The smallest absolute Gasteiger partial charge is 0.181 e. The van der Waals surface area contributed by atoms with E-state index in [9.17, 15) is 0 Å². The number of aromatic nitrogens is 1. The number of rotatable bonds is 3. The van der Waals surface area contributed by atoms with Gasteiger partial charge in [-0.2, -0.15) is 0 Å². The zero-order valence-corrected chi connectivity index (χ0v) is 8.44. The lowest BCUT2D eigenvalue weighted by molar-refractivity contribution is 0.219. The van der Waals surface area contributed by atoms with E-state index in [4.69, 9.17) is 9.52 Å². The molecule has 2 rings (SSSR count). The van der Waals surface area contributed by atoms with E-state index in [-0.39, 0.29) is 0 Å². The van der Waals surface area contributed by atoms with Crippen LogP contribution in [0.3, 0.4) is 0 Å². The van der Waals surface area contributed by atoms with Crippen molar-refractivity contribution in [2.24, 2.45) is 5.92 Å². The van der Waals surface area contributed by atoms with Crippen molar-refractivity contribution in [3.8, 4) is 0 Å². The summed E-state index contributed by atoms with van der Waals surface area (Å²) in [6, 6.07) is 0. The van der Waals surface area contributed by atoms with E-state index in [1.54, 1.807) is 0 Å². The van der Waals surface area contributed by atoms with Gasteiger partial charge in [-0.1, -0.05) is 0 Å². The van der Waals surface area contributed by atoms with Crippen LogP contribution < -0.4 is 0 Å². The first-order valence-corrected chi connectivity index (χ1v) is 5.01. The Kier molecular flexibility index (Phi) is 2.84. The van der Waals surface area contributed by atoms with Gasteiger partial charge in [0.1, 0.15) is 5.76 Å². The molecule has 1 aliphatic heterocycles. The third-order valence-corrected chi connectivity index (χ3v) is 2.85. The van der Waals surface area contributed by atoms with Crippen LogP contribution in [0.2, 0.25) is 0 Å². The second-order valence-electron chi connectivity index (χ2n) is 3.93. The standard InChI is InChI=1S/C10H16N2O2/c1-8-10(11-7-14-8)5-12-3-2-9(4-12)6-13/h7,9,13H,2-6H2,1H3. The lowest BCUT2D eigenvalue weighted by Gasteiger charge is -2.13. The summed E-state index contributed by atoms with van der Waals surface area (Å²) in [6.45, 7) is 5.11. The Balaban J connectivity index is 1.90. The molecule has 1 unspecified atom stereocenters. The summed E-state index contributed by atoms with van der Waals surface area (Å²) in [6.07, 6.45) is 2.58. The molecule has 1 fully saturated rings. The lowest BCUT2D eigenvalue weighted by Crippen LogP contribution is -2.21. The number of aliphatic hydroxyl groups is 1. The topological polar surface area (TPSA) is 49.5 Å². The van der Waals surface area contributed by atoms with Crippen LogP contribution in [0.15, 0.2) is 10.8 Å². The highest BCUT2D eigenvalue weighted by molar-refractivity contribution is 5.04. The van der Waals surface area contributed by atoms with Gasteiger partial charge in [0.05, 0.1) is 5.69 Å². The zero-order valence-electron chi connectivity index (χ0n) is 8.44. The number of likely N-dealkylation sites (tertiary alicyclic amines) is 1. The van der Waals surface area contributed by atoms with Gasteiger partial charge in [-0.15, -0.1) is 0 Å². The number of aryl methyl sites for hydroxylation is 1. The van der Waals surface area contributed by atoms with Gasteiger partial charge in [0.2, 0.25) is 0 Å². The van der Waals surface area contributed by atoms with E-state index in [1.807, 2.05) is 6.92 Å². The number of hydrogen-bond acceptors (Lipinski definition) is 4. The minimum Gasteiger partial charge on any atom is -0.448 e. The van der Waals surface area contributed by atoms with E-state index in [0.717, 1.165) is 37.5 Å². The summed E-state index contributed by atoms with van der Waals surface area (Å²) in [4.78, 5) is 6.47. The van der Waals surface area contributed by atoms with E-state index < -0.39 is 0 Å². The summed E-state index contributed by atoms with van der Waals surface area (Å²) in [5, 5.41) is 9.00. The third-order valence-electron chi connectivity index (χ3n) is 2.85. The van der Waals surface area contributed by atoms with Crippen molar-refractivity contribution in [3.05, 3.63) is 17.8 Å². The van der Waals surface area contributed by atoms with Gasteiger partial charge in [0.15, 0.2) is 6.39 Å². The number of oxazole rings is 1. The molecule has 0 aromatic carbocycles. The lowest BCUT2D eigenvalue weighted by atomic mass is 10.1. The fraction of sp³-hybridized carbons (Fsp3) is 0.700. The van der Waals surface area contributed by atoms with Crippen molar-refractivity contribution in [2.45, 2.75) is 19.9 Å². The van der Waals surface area contributed by atoms with E-state index in [2.05, 4.69) is 9.88 Å². The first-order chi connectivity index (χ1) is 6.79. The predicted octanol–water partition coefficient (Wildman–Crippen LogP) is 0.797. The van der Waals surface area contributed by atoms with Crippen LogP contribution in [-0.4, -0.2) is 34.7 Å². The van der Waals surface area contributed by atoms with Crippen LogP contribution in [-0.2, 0) is 6.54 Å². The highest BCUT2D eigenvalue weighted by Gasteiger charge is 2.22. The molecule has 1 N–H and O–H groups in total. The quantitative estimate of drug-likeness (QED) is 0.776. The van der Waals surface area contributed by atoms with Crippen molar-refractivity contribution in [2.75, 3.05) is 19.7 Å². The normalized spacial score (nSPS) is 23.1. The van der Waals surface area contributed by atoms with Gasteiger partial charge < -0.3 is 9.52 Å². The van der Waals surface area contributed by atoms with Crippen LogP contribution >= 0.6 is 0 Å².